The summed E-state index contributed by atoms with van der Waals surface area (Å²) >= 11 is 0. The Labute approximate surface area is 117 Å². The predicted octanol–water partition coefficient (Wildman–Crippen LogP) is 4.72. The van der Waals surface area contributed by atoms with Crippen LogP contribution < -0.4 is 0 Å². The van der Waals surface area contributed by atoms with Crippen molar-refractivity contribution in [1.29, 1.82) is 0 Å². The van der Waals surface area contributed by atoms with E-state index in [9.17, 15) is 0 Å². The highest BCUT2D eigenvalue weighted by Crippen LogP contribution is 2.58. The topological polar surface area (TPSA) is 0 Å². The lowest BCUT2D eigenvalue weighted by Crippen LogP contribution is -2.48. The Kier molecular flexibility index (Phi) is 9.52. The molecule has 0 N–H and O–H groups in total. The molecule has 0 fully saturated rings. The molecule has 2 heteroatoms. The van der Waals surface area contributed by atoms with Crippen LogP contribution in [0.1, 0.15) is 54.4 Å². The van der Waals surface area contributed by atoms with Crippen LogP contribution >= 0.6 is 7.26 Å². The molecule has 0 amide bonds. The van der Waals surface area contributed by atoms with Gasteiger partial charge in [-0.1, -0.05) is 0 Å². The second-order valence-electron chi connectivity index (χ2n) is 5.73. The molecule has 0 rings (SSSR count). The molecule has 0 saturated heterocycles. The molecular weight excluding hydrogens is 237 g/mol. The van der Waals surface area contributed by atoms with Gasteiger partial charge in [0.05, 0.1) is 50.8 Å². The average Bonchev–Trinajstić information content (AvgIpc) is 2.45. The van der Waals surface area contributed by atoms with Gasteiger partial charge >= 0.3 is 0 Å². The van der Waals surface area contributed by atoms with Gasteiger partial charge < -0.3 is 4.48 Å². The summed E-state index contributed by atoms with van der Waals surface area (Å²) in [7, 11) is -0.553. The standard InChI is InChI=1S/C16H38NP/c1-7-17(8-2,9-3)15-13-14-16-18(10-4,11-5)12-6/h7-16H2,1-6H3/q+2. The largest absolute Gasteiger partial charge is 0.324 e. The number of quaternary nitrogens is 1. The molecule has 0 spiro atoms. The Morgan fingerprint density at radius 1 is 0.667 bits per heavy atom. The van der Waals surface area contributed by atoms with Crippen LogP contribution in [0, 0.1) is 0 Å². The Morgan fingerprint density at radius 3 is 1.44 bits per heavy atom. The molecular formula is C16H38NP+2. The molecule has 0 saturated carbocycles. The van der Waals surface area contributed by atoms with Crippen LogP contribution in [0.2, 0.25) is 0 Å². The van der Waals surface area contributed by atoms with Crippen LogP contribution in [0.4, 0.5) is 0 Å². The molecule has 1 nitrogen and oxygen atoms in total. The number of rotatable bonds is 11. The van der Waals surface area contributed by atoms with Gasteiger partial charge in [0.25, 0.3) is 0 Å². The molecule has 0 heterocycles. The molecule has 0 aromatic rings. The van der Waals surface area contributed by atoms with Gasteiger partial charge in [0.15, 0.2) is 0 Å². The van der Waals surface area contributed by atoms with Gasteiger partial charge in [0, 0.05) is 7.26 Å². The summed E-state index contributed by atoms with van der Waals surface area (Å²) in [5.74, 6) is 0. The fourth-order valence-electron chi connectivity index (χ4n) is 3.18. The summed E-state index contributed by atoms with van der Waals surface area (Å²) < 4.78 is 1.33. The SMILES string of the molecule is CC[N+](CC)(CC)CCCC[P+](CC)(CC)CC. The number of hydrogen-bond donors (Lipinski definition) is 0. The van der Waals surface area contributed by atoms with Crippen LogP contribution in [-0.2, 0) is 0 Å². The molecule has 18 heavy (non-hydrogen) atoms. The summed E-state index contributed by atoms with van der Waals surface area (Å²) in [5.41, 5.74) is 0. The zero-order chi connectivity index (χ0) is 14.1. The van der Waals surface area contributed by atoms with Crippen molar-refractivity contribution in [1.82, 2.24) is 0 Å². The lowest BCUT2D eigenvalue weighted by molar-refractivity contribution is -0.923. The molecule has 0 aromatic heterocycles. The van der Waals surface area contributed by atoms with Crippen molar-refractivity contribution in [2.24, 2.45) is 0 Å². The van der Waals surface area contributed by atoms with Crippen molar-refractivity contribution in [3.63, 3.8) is 0 Å². The fourth-order valence-corrected chi connectivity index (χ4v) is 6.37. The van der Waals surface area contributed by atoms with E-state index in [0.717, 1.165) is 0 Å². The molecule has 110 valence electrons. The van der Waals surface area contributed by atoms with E-state index < -0.39 is 7.26 Å². The maximum atomic E-state index is 2.42. The van der Waals surface area contributed by atoms with Gasteiger partial charge in [0.2, 0.25) is 0 Å². The molecule has 0 bridgehead atoms. The maximum absolute atomic E-state index is 2.42. The van der Waals surface area contributed by atoms with Gasteiger partial charge in [-0.2, -0.15) is 0 Å². The van der Waals surface area contributed by atoms with Gasteiger partial charge in [-0.3, -0.25) is 0 Å². The van der Waals surface area contributed by atoms with Crippen LogP contribution in [0.5, 0.6) is 0 Å². The van der Waals surface area contributed by atoms with Crippen LogP contribution in [0.25, 0.3) is 0 Å². The monoisotopic (exact) mass is 275 g/mol. The van der Waals surface area contributed by atoms with Gasteiger partial charge in [-0.05, 0) is 54.4 Å². The van der Waals surface area contributed by atoms with E-state index in [1.54, 1.807) is 6.16 Å². The van der Waals surface area contributed by atoms with Gasteiger partial charge in [-0.25, -0.2) is 0 Å². The second-order valence-corrected chi connectivity index (χ2v) is 10.8. The molecule has 0 aromatic carbocycles. The molecule has 0 atom stereocenters. The second kappa shape index (κ2) is 9.32. The Hall–Kier alpha value is 0.390. The zero-order valence-electron chi connectivity index (χ0n) is 14.0. The average molecular weight is 275 g/mol. The summed E-state index contributed by atoms with van der Waals surface area (Å²) in [6, 6.07) is 0. The number of hydrogen-bond acceptors (Lipinski definition) is 0. The smallest absolute Gasteiger partial charge is 0.0787 e. The normalized spacial score (nSPS) is 13.0. The van der Waals surface area contributed by atoms with E-state index in [2.05, 4.69) is 41.5 Å². The minimum absolute atomic E-state index is 0.553. The summed E-state index contributed by atoms with van der Waals surface area (Å²) in [6.07, 6.45) is 8.87. The zero-order valence-corrected chi connectivity index (χ0v) is 14.9. The van der Waals surface area contributed by atoms with Crippen molar-refractivity contribution >= 4 is 7.26 Å². The minimum Gasteiger partial charge on any atom is -0.324 e. The highest BCUT2D eigenvalue weighted by atomic mass is 31.2. The van der Waals surface area contributed by atoms with Gasteiger partial charge in [-0.15, -0.1) is 0 Å². The lowest BCUT2D eigenvalue weighted by Gasteiger charge is -2.36. The first-order valence-electron chi connectivity index (χ1n) is 8.27. The molecule has 0 aliphatic heterocycles. The van der Waals surface area contributed by atoms with Crippen molar-refractivity contribution in [3.05, 3.63) is 0 Å². The van der Waals surface area contributed by atoms with Crippen molar-refractivity contribution in [2.75, 3.05) is 50.8 Å². The number of unbranched alkanes of at least 4 members (excludes halogenated alkanes) is 1. The first kappa shape index (κ1) is 18.4. The molecule has 0 aliphatic rings. The highest BCUT2D eigenvalue weighted by Gasteiger charge is 2.30. The predicted molar refractivity (Wildman–Crippen MR) is 89.4 cm³/mol. The molecule has 0 aliphatic carbocycles. The Balaban J connectivity index is 4.11. The van der Waals surface area contributed by atoms with Crippen LogP contribution in [-0.4, -0.2) is 55.3 Å². The fraction of sp³-hybridized carbons (Fsp3) is 1.00. The summed E-state index contributed by atoms with van der Waals surface area (Å²) in [6.45, 7) is 19.7. The molecule has 0 unspecified atom stereocenters. The van der Waals surface area contributed by atoms with E-state index >= 15 is 0 Å². The molecule has 0 radical (unpaired) electrons. The van der Waals surface area contributed by atoms with Crippen molar-refractivity contribution in [2.45, 2.75) is 54.4 Å². The third-order valence-corrected chi connectivity index (χ3v) is 10.8. The van der Waals surface area contributed by atoms with E-state index in [0.29, 0.717) is 0 Å². The summed E-state index contributed by atoms with van der Waals surface area (Å²) in [5, 5.41) is 0. The van der Waals surface area contributed by atoms with E-state index in [1.807, 2.05) is 0 Å². The summed E-state index contributed by atoms with van der Waals surface area (Å²) in [4.78, 5) is 0. The first-order chi connectivity index (χ1) is 8.57. The van der Waals surface area contributed by atoms with E-state index in [-0.39, 0.29) is 0 Å². The first-order valence-corrected chi connectivity index (χ1v) is 10.8. The third kappa shape index (κ3) is 5.17. The lowest BCUT2D eigenvalue weighted by atomic mass is 10.2. The van der Waals surface area contributed by atoms with Crippen LogP contribution in [0.3, 0.4) is 0 Å². The minimum atomic E-state index is -0.553. The Morgan fingerprint density at radius 2 is 1.11 bits per heavy atom. The van der Waals surface area contributed by atoms with E-state index in [4.69, 9.17) is 0 Å². The van der Waals surface area contributed by atoms with Gasteiger partial charge in [0.1, 0.15) is 0 Å². The number of nitrogens with zero attached hydrogens (tertiary/aromatic N) is 1. The Bertz CT molecular complexity index is 157. The third-order valence-electron chi connectivity index (χ3n) is 5.54. The maximum Gasteiger partial charge on any atom is 0.0787 e. The van der Waals surface area contributed by atoms with Crippen molar-refractivity contribution < 1.29 is 4.48 Å². The van der Waals surface area contributed by atoms with Crippen LogP contribution in [0.15, 0.2) is 0 Å². The quantitative estimate of drug-likeness (QED) is 0.291. The van der Waals surface area contributed by atoms with E-state index in [1.165, 1.54) is 62.0 Å². The van der Waals surface area contributed by atoms with Crippen molar-refractivity contribution in [3.8, 4) is 0 Å². The highest BCUT2D eigenvalue weighted by molar-refractivity contribution is 7.75.